The molecule has 6 nitrogen and oxygen atoms in total. The summed E-state index contributed by atoms with van der Waals surface area (Å²) < 4.78 is 5.32. The van der Waals surface area contributed by atoms with E-state index in [1.807, 2.05) is 12.3 Å². The molecule has 2 aromatic heterocycles. The van der Waals surface area contributed by atoms with E-state index >= 15 is 0 Å². The first-order chi connectivity index (χ1) is 8.93. The first kappa shape index (κ1) is 11.4. The second-order valence-corrected chi connectivity index (χ2v) is 4.34. The maximum Gasteiger partial charge on any atom is 0.142 e. The van der Waals surface area contributed by atoms with Gasteiger partial charge in [0.15, 0.2) is 0 Å². The lowest BCUT2D eigenvalue weighted by atomic mass is 10.3. The van der Waals surface area contributed by atoms with Crippen LogP contribution in [0.15, 0.2) is 18.6 Å². The predicted molar refractivity (Wildman–Crippen MR) is 69.6 cm³/mol. The van der Waals surface area contributed by atoms with Gasteiger partial charge in [-0.05, 0) is 6.07 Å². The normalized spacial score (nSPS) is 17.1. The van der Waals surface area contributed by atoms with E-state index in [0.29, 0.717) is 0 Å². The van der Waals surface area contributed by atoms with E-state index in [1.54, 1.807) is 6.33 Å². The average molecular weight is 247 g/mol. The number of ether oxygens (including phenoxy) is 1. The van der Waals surface area contributed by atoms with Crippen LogP contribution in [0, 0.1) is 0 Å². The molecule has 0 saturated carbocycles. The van der Waals surface area contributed by atoms with Crippen molar-refractivity contribution in [1.82, 2.24) is 19.9 Å². The Labute approximate surface area is 105 Å². The van der Waals surface area contributed by atoms with Crippen LogP contribution in [0.1, 0.15) is 0 Å². The summed E-state index contributed by atoms with van der Waals surface area (Å²) in [4.78, 5) is 13.9. The fourth-order valence-corrected chi connectivity index (χ4v) is 2.17. The van der Waals surface area contributed by atoms with Crippen molar-refractivity contribution in [1.29, 1.82) is 0 Å². The minimum Gasteiger partial charge on any atom is -0.379 e. The molecule has 0 radical (unpaired) electrons. The molecule has 1 aliphatic heterocycles. The minimum atomic E-state index is 0.843. The summed E-state index contributed by atoms with van der Waals surface area (Å²) in [6, 6.07) is 1.99. The lowest BCUT2D eigenvalue weighted by molar-refractivity contribution is 0.0398. The highest BCUT2D eigenvalue weighted by molar-refractivity contribution is 5.86. The summed E-state index contributed by atoms with van der Waals surface area (Å²) in [6.07, 6.45) is 3.46. The molecule has 0 amide bonds. The summed E-state index contributed by atoms with van der Waals surface area (Å²) in [5, 5.41) is 4.41. The van der Waals surface area contributed by atoms with Gasteiger partial charge in [0, 0.05) is 32.4 Å². The van der Waals surface area contributed by atoms with Gasteiger partial charge in [0.1, 0.15) is 17.8 Å². The zero-order chi connectivity index (χ0) is 12.2. The molecule has 96 valence electrons. The number of morpholine rings is 1. The van der Waals surface area contributed by atoms with Crippen molar-refractivity contribution in [3.8, 4) is 0 Å². The number of aromatic amines is 1. The molecule has 1 fully saturated rings. The highest BCUT2D eigenvalue weighted by atomic mass is 16.5. The Morgan fingerprint density at radius 2 is 2.22 bits per heavy atom. The summed E-state index contributed by atoms with van der Waals surface area (Å²) in [5.74, 6) is 0.898. The number of rotatable bonds is 4. The molecule has 18 heavy (non-hydrogen) atoms. The maximum absolute atomic E-state index is 5.32. The average Bonchev–Trinajstić information content (AvgIpc) is 2.89. The minimum absolute atomic E-state index is 0.843. The number of nitrogens with one attached hydrogen (secondary N) is 2. The monoisotopic (exact) mass is 247 g/mol. The summed E-state index contributed by atoms with van der Waals surface area (Å²) in [6.45, 7) is 5.62. The number of fused-ring (bicyclic) bond motifs is 1. The Kier molecular flexibility index (Phi) is 3.38. The van der Waals surface area contributed by atoms with Gasteiger partial charge in [0.2, 0.25) is 0 Å². The third-order valence-electron chi connectivity index (χ3n) is 3.18. The molecule has 1 aliphatic rings. The van der Waals surface area contributed by atoms with E-state index in [9.17, 15) is 0 Å². The van der Waals surface area contributed by atoms with Gasteiger partial charge in [-0.25, -0.2) is 9.97 Å². The topological polar surface area (TPSA) is 66.1 Å². The molecule has 0 atom stereocenters. The van der Waals surface area contributed by atoms with Gasteiger partial charge in [-0.15, -0.1) is 0 Å². The Balaban J connectivity index is 1.57. The lowest BCUT2D eigenvalue weighted by Crippen LogP contribution is -2.39. The molecule has 0 aliphatic carbocycles. The summed E-state index contributed by atoms with van der Waals surface area (Å²) in [5.41, 5.74) is 0.874. The van der Waals surface area contributed by atoms with E-state index in [2.05, 4.69) is 25.2 Å². The SMILES string of the molecule is c1nc(NCCN2CCOCC2)c2cc[nH]c2n1. The second kappa shape index (κ2) is 5.32. The quantitative estimate of drug-likeness (QED) is 0.832. The lowest BCUT2D eigenvalue weighted by Gasteiger charge is -2.26. The highest BCUT2D eigenvalue weighted by Gasteiger charge is 2.10. The Morgan fingerprint density at radius 3 is 3.11 bits per heavy atom. The van der Waals surface area contributed by atoms with E-state index in [4.69, 9.17) is 4.74 Å². The van der Waals surface area contributed by atoms with Crippen molar-refractivity contribution < 1.29 is 4.74 Å². The van der Waals surface area contributed by atoms with Gasteiger partial charge >= 0.3 is 0 Å². The number of H-pyrrole nitrogens is 1. The van der Waals surface area contributed by atoms with Crippen LogP contribution in [0.4, 0.5) is 5.82 Å². The molecule has 2 aromatic rings. The fourth-order valence-electron chi connectivity index (χ4n) is 2.17. The summed E-state index contributed by atoms with van der Waals surface area (Å²) in [7, 11) is 0. The fraction of sp³-hybridized carbons (Fsp3) is 0.500. The first-order valence-electron chi connectivity index (χ1n) is 6.25. The largest absolute Gasteiger partial charge is 0.379 e. The molecule has 3 heterocycles. The van der Waals surface area contributed by atoms with Gasteiger partial charge in [-0.1, -0.05) is 0 Å². The molecular weight excluding hydrogens is 230 g/mol. The van der Waals surface area contributed by atoms with E-state index < -0.39 is 0 Å². The molecule has 0 aromatic carbocycles. The number of nitrogens with zero attached hydrogens (tertiary/aromatic N) is 3. The smallest absolute Gasteiger partial charge is 0.142 e. The van der Waals surface area contributed by atoms with Crippen molar-refractivity contribution in [2.45, 2.75) is 0 Å². The van der Waals surface area contributed by atoms with Crippen LogP contribution >= 0.6 is 0 Å². The third-order valence-corrected chi connectivity index (χ3v) is 3.18. The maximum atomic E-state index is 5.32. The zero-order valence-electron chi connectivity index (χ0n) is 10.2. The Morgan fingerprint density at radius 1 is 1.33 bits per heavy atom. The van der Waals surface area contributed by atoms with Gasteiger partial charge in [0.05, 0.1) is 18.6 Å². The number of hydrogen-bond acceptors (Lipinski definition) is 5. The van der Waals surface area contributed by atoms with Gasteiger partial charge in [0.25, 0.3) is 0 Å². The third kappa shape index (κ3) is 2.44. The van der Waals surface area contributed by atoms with Crippen LogP contribution in [0.25, 0.3) is 11.0 Å². The van der Waals surface area contributed by atoms with Crippen LogP contribution in [0.5, 0.6) is 0 Å². The Bertz CT molecular complexity index is 506. The first-order valence-corrected chi connectivity index (χ1v) is 6.25. The van der Waals surface area contributed by atoms with Crippen molar-refractivity contribution >= 4 is 16.9 Å². The standard InChI is InChI=1S/C12H17N5O/c1-2-13-11-10(1)12(16-9-15-11)14-3-4-17-5-7-18-8-6-17/h1-2,9H,3-8H2,(H2,13,14,15,16). The molecule has 1 saturated heterocycles. The molecule has 0 unspecified atom stereocenters. The van der Waals surface area contributed by atoms with Gasteiger partial charge < -0.3 is 15.0 Å². The van der Waals surface area contributed by atoms with Crippen LogP contribution in [0.2, 0.25) is 0 Å². The second-order valence-electron chi connectivity index (χ2n) is 4.34. The van der Waals surface area contributed by atoms with E-state index in [1.165, 1.54) is 0 Å². The molecule has 0 spiro atoms. The van der Waals surface area contributed by atoms with Crippen LogP contribution in [-0.4, -0.2) is 59.2 Å². The van der Waals surface area contributed by atoms with E-state index in [0.717, 1.165) is 56.2 Å². The highest BCUT2D eigenvalue weighted by Crippen LogP contribution is 2.16. The van der Waals surface area contributed by atoms with Crippen LogP contribution in [0.3, 0.4) is 0 Å². The molecule has 3 rings (SSSR count). The van der Waals surface area contributed by atoms with Crippen LogP contribution in [-0.2, 0) is 4.74 Å². The number of aromatic nitrogens is 3. The zero-order valence-corrected chi connectivity index (χ0v) is 10.2. The molecule has 0 bridgehead atoms. The van der Waals surface area contributed by atoms with Crippen molar-refractivity contribution in [3.05, 3.63) is 18.6 Å². The molecule has 6 heteroatoms. The molecule has 2 N–H and O–H groups in total. The van der Waals surface area contributed by atoms with Gasteiger partial charge in [-0.3, -0.25) is 4.90 Å². The van der Waals surface area contributed by atoms with Crippen molar-refractivity contribution in [2.24, 2.45) is 0 Å². The number of anilines is 1. The van der Waals surface area contributed by atoms with Crippen molar-refractivity contribution in [2.75, 3.05) is 44.7 Å². The predicted octanol–water partition coefficient (Wildman–Crippen LogP) is 0.702. The van der Waals surface area contributed by atoms with Gasteiger partial charge in [-0.2, -0.15) is 0 Å². The van der Waals surface area contributed by atoms with Crippen molar-refractivity contribution in [3.63, 3.8) is 0 Å². The summed E-state index contributed by atoms with van der Waals surface area (Å²) >= 11 is 0. The number of hydrogen-bond donors (Lipinski definition) is 2. The van der Waals surface area contributed by atoms with E-state index in [-0.39, 0.29) is 0 Å². The molecular formula is C12H17N5O. The van der Waals surface area contributed by atoms with Crippen LogP contribution < -0.4 is 5.32 Å². The Hall–Kier alpha value is -1.66.